The van der Waals surface area contributed by atoms with E-state index >= 15 is 0 Å². The Bertz CT molecular complexity index is 1790. The first-order valence-corrected chi connectivity index (χ1v) is 17.3. The van der Waals surface area contributed by atoms with Crippen LogP contribution in [0.5, 0.6) is 11.5 Å². The Kier molecular flexibility index (Phi) is 10.2. The Hall–Kier alpha value is -4.52. The molecule has 1 aliphatic heterocycles. The van der Waals surface area contributed by atoms with Crippen LogP contribution >= 0.6 is 11.8 Å². The first-order valence-electron chi connectivity index (χ1n) is 16.4. The second-order valence-corrected chi connectivity index (χ2v) is 13.7. The molecule has 2 aliphatic rings. The number of hydrogen-bond acceptors (Lipinski definition) is 6. The molecule has 3 aromatic carbocycles. The van der Waals surface area contributed by atoms with Crippen molar-refractivity contribution in [2.75, 3.05) is 17.8 Å². The van der Waals surface area contributed by atoms with Crippen LogP contribution < -0.4 is 19.7 Å². The van der Waals surface area contributed by atoms with Crippen molar-refractivity contribution in [2.24, 2.45) is 4.99 Å². The van der Waals surface area contributed by atoms with Gasteiger partial charge in [0.2, 0.25) is 0 Å². The third-order valence-corrected chi connectivity index (χ3v) is 9.96. The highest BCUT2D eigenvalue weighted by atomic mass is 32.2. The number of ether oxygens (including phenoxy) is 2. The zero-order chi connectivity index (χ0) is 34.7. The van der Waals surface area contributed by atoms with E-state index in [1.54, 1.807) is 18.9 Å². The summed E-state index contributed by atoms with van der Waals surface area (Å²) in [5.41, 5.74) is 4.66. The number of nitrogens with zero attached hydrogens (tertiary/aromatic N) is 5. The number of rotatable bonds is 8. The van der Waals surface area contributed by atoms with Gasteiger partial charge in [-0.15, -0.1) is 18.3 Å². The van der Waals surface area contributed by atoms with Gasteiger partial charge < -0.3 is 19.7 Å². The van der Waals surface area contributed by atoms with Crippen LogP contribution in [0.15, 0.2) is 78.0 Å². The molecule has 3 atom stereocenters. The highest BCUT2D eigenvalue weighted by Crippen LogP contribution is 2.38. The maximum atomic E-state index is 13.5. The second kappa shape index (κ2) is 14.5. The average Bonchev–Trinajstić information content (AvgIpc) is 3.75. The van der Waals surface area contributed by atoms with Gasteiger partial charge in [0.1, 0.15) is 17.8 Å². The zero-order valence-corrected chi connectivity index (χ0v) is 28.6. The molecule has 0 radical (unpaired) electrons. The van der Waals surface area contributed by atoms with Crippen molar-refractivity contribution < 1.29 is 27.4 Å². The van der Waals surface area contributed by atoms with E-state index in [9.17, 15) is 18.0 Å². The Labute approximate surface area is 287 Å². The number of carbonyl (C=O) groups is 1. The third kappa shape index (κ3) is 8.04. The number of aliphatic imine (C=N–C) groups is 1. The van der Waals surface area contributed by atoms with Gasteiger partial charge in [-0.3, -0.25) is 0 Å². The number of alkyl halides is 3. The molecule has 2 heterocycles. The minimum Gasteiger partial charge on any atom is -0.497 e. The number of halogens is 3. The van der Waals surface area contributed by atoms with E-state index in [1.165, 1.54) is 35.3 Å². The van der Waals surface area contributed by atoms with Gasteiger partial charge in [0.15, 0.2) is 11.0 Å². The summed E-state index contributed by atoms with van der Waals surface area (Å²) in [6.07, 6.45) is 0.553. The Morgan fingerprint density at radius 1 is 1.02 bits per heavy atom. The van der Waals surface area contributed by atoms with Crippen LogP contribution in [-0.2, 0) is 0 Å². The molecular formula is C36H39F3N6O3S. The smallest absolute Gasteiger partial charge is 0.497 e. The highest BCUT2D eigenvalue weighted by molar-refractivity contribution is 8.14. The van der Waals surface area contributed by atoms with Crippen molar-refractivity contribution in [1.82, 2.24) is 20.1 Å². The van der Waals surface area contributed by atoms with Gasteiger partial charge in [-0.25, -0.2) is 14.5 Å². The largest absolute Gasteiger partial charge is 0.573 e. The Morgan fingerprint density at radius 2 is 1.76 bits per heavy atom. The fraction of sp³-hybridized carbons (Fsp3) is 0.389. The van der Waals surface area contributed by atoms with E-state index in [-0.39, 0.29) is 35.7 Å². The molecule has 2 amide bonds. The van der Waals surface area contributed by atoms with Crippen LogP contribution in [0.2, 0.25) is 0 Å². The van der Waals surface area contributed by atoms with E-state index in [2.05, 4.69) is 62.9 Å². The van der Waals surface area contributed by atoms with E-state index < -0.39 is 6.36 Å². The van der Waals surface area contributed by atoms with Crippen molar-refractivity contribution in [1.29, 1.82) is 0 Å². The van der Waals surface area contributed by atoms with Crippen molar-refractivity contribution in [2.45, 2.75) is 76.7 Å². The monoisotopic (exact) mass is 692 g/mol. The highest BCUT2D eigenvalue weighted by Gasteiger charge is 2.33. The van der Waals surface area contributed by atoms with Gasteiger partial charge in [-0.05, 0) is 85.7 Å². The molecule has 258 valence electrons. The summed E-state index contributed by atoms with van der Waals surface area (Å²) >= 11 is 1.61. The zero-order valence-electron chi connectivity index (χ0n) is 27.8. The lowest BCUT2D eigenvalue weighted by atomic mass is 9.93. The van der Waals surface area contributed by atoms with Crippen LogP contribution in [0.1, 0.15) is 69.4 Å². The molecule has 1 aliphatic carbocycles. The molecule has 6 rings (SSSR count). The molecule has 3 unspecified atom stereocenters. The predicted octanol–water partition coefficient (Wildman–Crippen LogP) is 8.70. The van der Waals surface area contributed by atoms with Gasteiger partial charge >= 0.3 is 12.4 Å². The molecular weight excluding hydrogens is 653 g/mol. The number of amides is 2. The minimum absolute atomic E-state index is 0.0454. The number of hydrogen-bond donors (Lipinski definition) is 1. The van der Waals surface area contributed by atoms with Crippen LogP contribution in [0.3, 0.4) is 0 Å². The van der Waals surface area contributed by atoms with Gasteiger partial charge in [0, 0.05) is 35.0 Å². The van der Waals surface area contributed by atoms with Crippen molar-refractivity contribution in [3.05, 3.63) is 84.2 Å². The Balaban J connectivity index is 1.14. The second-order valence-electron chi connectivity index (χ2n) is 12.6. The van der Waals surface area contributed by atoms with E-state index in [0.29, 0.717) is 16.7 Å². The van der Waals surface area contributed by atoms with Gasteiger partial charge in [0.05, 0.1) is 12.8 Å². The molecule has 9 nitrogen and oxygen atoms in total. The molecule has 4 aromatic rings. The van der Waals surface area contributed by atoms with Crippen molar-refractivity contribution >= 4 is 28.6 Å². The molecule has 1 N–H and O–H groups in total. The number of amidine groups is 1. The summed E-state index contributed by atoms with van der Waals surface area (Å²) in [6, 6.07) is 19.3. The van der Waals surface area contributed by atoms with Crippen LogP contribution in [0.25, 0.3) is 17.1 Å². The van der Waals surface area contributed by atoms with E-state index in [1.807, 2.05) is 30.3 Å². The number of benzene rings is 3. The lowest BCUT2D eigenvalue weighted by Crippen LogP contribution is -2.43. The molecule has 0 bridgehead atoms. The summed E-state index contributed by atoms with van der Waals surface area (Å²) in [5, 5.41) is 8.43. The molecule has 1 saturated heterocycles. The fourth-order valence-corrected chi connectivity index (χ4v) is 7.69. The standard InChI is InChI=1S/C36H39F3N6O3S/c1-22(2)30-20-28(47-4)16-17-32(30)45-23(3)18-19-49-35(45)42-34(46)41-31-7-5-6-29(31)24-8-10-25(11-9-24)33-40-21-44(43-33)26-12-14-27(15-13-26)48-36(37,38)39/h8-17,20-23,29,31H,5-7,18-19H2,1-4H3,(H,41,46). The normalized spacial score (nSPS) is 20.5. The van der Waals surface area contributed by atoms with Crippen LogP contribution in [0.4, 0.5) is 23.7 Å². The van der Waals surface area contributed by atoms with Gasteiger partial charge in [0.25, 0.3) is 0 Å². The number of carbonyl (C=O) groups excluding carboxylic acids is 1. The maximum absolute atomic E-state index is 13.5. The van der Waals surface area contributed by atoms with E-state index in [4.69, 9.17) is 4.74 Å². The summed E-state index contributed by atoms with van der Waals surface area (Å²) in [4.78, 5) is 24.7. The molecule has 49 heavy (non-hydrogen) atoms. The SMILES string of the molecule is COc1ccc(N2C(=NC(=O)NC3CCCC3c3ccc(-c4ncn(-c5ccc(OC(F)(F)F)cc5)n4)cc3)SCCC2C)c(C(C)C)c1. The predicted molar refractivity (Wildman–Crippen MR) is 186 cm³/mol. The molecule has 0 spiro atoms. The molecule has 2 fully saturated rings. The molecule has 13 heteroatoms. The topological polar surface area (TPSA) is 93.9 Å². The van der Waals surface area contributed by atoms with Crippen molar-refractivity contribution in [3.63, 3.8) is 0 Å². The number of aromatic nitrogens is 3. The number of anilines is 1. The fourth-order valence-electron chi connectivity index (χ4n) is 6.49. The molecule has 1 aromatic heterocycles. The van der Waals surface area contributed by atoms with Crippen LogP contribution in [-0.4, -0.2) is 57.3 Å². The summed E-state index contributed by atoms with van der Waals surface area (Å²) in [6.45, 7) is 6.48. The van der Waals surface area contributed by atoms with Gasteiger partial charge in [-0.2, -0.15) is 4.99 Å². The van der Waals surface area contributed by atoms with E-state index in [0.717, 1.165) is 59.6 Å². The first-order chi connectivity index (χ1) is 23.5. The molecule has 1 saturated carbocycles. The van der Waals surface area contributed by atoms with Crippen LogP contribution in [0, 0.1) is 0 Å². The summed E-state index contributed by atoms with van der Waals surface area (Å²) in [7, 11) is 1.67. The first kappa shape index (κ1) is 34.3. The number of methoxy groups -OCH3 is 1. The maximum Gasteiger partial charge on any atom is 0.573 e. The quantitative estimate of drug-likeness (QED) is 0.198. The number of urea groups is 1. The lowest BCUT2D eigenvalue weighted by molar-refractivity contribution is -0.274. The lowest BCUT2D eigenvalue weighted by Gasteiger charge is -2.37. The number of thioether (sulfide) groups is 1. The summed E-state index contributed by atoms with van der Waals surface area (Å²) in [5.74, 6) is 2.28. The minimum atomic E-state index is -4.75. The number of nitrogens with one attached hydrogen (secondary N) is 1. The third-order valence-electron chi connectivity index (χ3n) is 8.98. The summed E-state index contributed by atoms with van der Waals surface area (Å²) < 4.78 is 48.4. The van der Waals surface area contributed by atoms with Crippen molar-refractivity contribution in [3.8, 4) is 28.6 Å². The average molecular weight is 693 g/mol. The van der Waals surface area contributed by atoms with Gasteiger partial charge in [-0.1, -0.05) is 56.3 Å². The Morgan fingerprint density at radius 3 is 2.45 bits per heavy atom.